The molecule has 0 aromatic heterocycles. The van der Waals surface area contributed by atoms with Gasteiger partial charge in [-0.1, -0.05) is 34.4 Å². The third-order valence-corrected chi connectivity index (χ3v) is 4.82. The number of oxime groups is 1. The van der Waals surface area contributed by atoms with Crippen LogP contribution in [0.25, 0.3) is 5.57 Å². The third kappa shape index (κ3) is 6.26. The van der Waals surface area contributed by atoms with E-state index in [9.17, 15) is 23.2 Å². The lowest BCUT2D eigenvalue weighted by molar-refractivity contribution is -0.0692. The number of alkyl halides is 3. The Balaban J connectivity index is 2.61. The van der Waals surface area contributed by atoms with Crippen molar-refractivity contribution < 1.29 is 27.9 Å². The Morgan fingerprint density at radius 1 is 1.00 bits per heavy atom. The van der Waals surface area contributed by atoms with Gasteiger partial charge in [0.2, 0.25) is 0 Å². The zero-order valence-electron chi connectivity index (χ0n) is 18.1. The molecular formula is C23H22Cl2F3NO3. The Morgan fingerprint density at radius 3 is 2.00 bits per heavy atom. The van der Waals surface area contributed by atoms with Gasteiger partial charge in [-0.25, -0.2) is 4.79 Å². The van der Waals surface area contributed by atoms with Crippen molar-refractivity contribution in [2.24, 2.45) is 5.16 Å². The van der Waals surface area contributed by atoms with Crippen LogP contribution in [0.5, 0.6) is 0 Å². The summed E-state index contributed by atoms with van der Waals surface area (Å²) in [7, 11) is 0. The lowest BCUT2D eigenvalue weighted by Crippen LogP contribution is -2.24. The summed E-state index contributed by atoms with van der Waals surface area (Å²) in [5, 5.41) is 12.8. The monoisotopic (exact) mass is 487 g/mol. The van der Waals surface area contributed by atoms with Crippen molar-refractivity contribution in [2.75, 3.05) is 0 Å². The van der Waals surface area contributed by atoms with Gasteiger partial charge in [-0.15, -0.1) is 0 Å². The van der Waals surface area contributed by atoms with Gasteiger partial charge < -0.3 is 9.94 Å². The average Bonchev–Trinajstić information content (AvgIpc) is 2.58. The minimum atomic E-state index is -4.79. The Labute approximate surface area is 194 Å². The second kappa shape index (κ2) is 9.55. The van der Waals surface area contributed by atoms with Crippen molar-refractivity contribution >= 4 is 40.5 Å². The molecule has 2 aromatic carbocycles. The summed E-state index contributed by atoms with van der Waals surface area (Å²) >= 11 is 11.8. The molecule has 172 valence electrons. The van der Waals surface area contributed by atoms with Crippen LogP contribution in [-0.4, -0.2) is 28.7 Å². The molecule has 0 aliphatic heterocycles. The van der Waals surface area contributed by atoms with E-state index in [2.05, 4.69) is 5.16 Å². The molecule has 0 heterocycles. The Hall–Kier alpha value is -2.51. The normalized spacial score (nSPS) is 13.6. The van der Waals surface area contributed by atoms with Crippen LogP contribution in [0.15, 0.2) is 47.1 Å². The molecule has 0 aliphatic rings. The molecule has 0 spiro atoms. The summed E-state index contributed by atoms with van der Waals surface area (Å²) < 4.78 is 47.3. The van der Waals surface area contributed by atoms with Gasteiger partial charge in [0.15, 0.2) is 0 Å². The van der Waals surface area contributed by atoms with Crippen molar-refractivity contribution in [1.29, 1.82) is 0 Å². The fraction of sp³-hybridized carbons (Fsp3) is 0.304. The van der Waals surface area contributed by atoms with Gasteiger partial charge in [-0.3, -0.25) is 0 Å². The van der Waals surface area contributed by atoms with E-state index in [0.717, 1.165) is 12.1 Å². The van der Waals surface area contributed by atoms with Crippen LogP contribution in [0.1, 0.15) is 54.7 Å². The van der Waals surface area contributed by atoms with E-state index < -0.39 is 23.3 Å². The van der Waals surface area contributed by atoms with E-state index >= 15 is 0 Å². The number of benzene rings is 2. The zero-order valence-corrected chi connectivity index (χ0v) is 19.6. The molecule has 0 fully saturated rings. The second-order valence-corrected chi connectivity index (χ2v) is 9.01. The van der Waals surface area contributed by atoms with E-state index in [1.807, 2.05) is 0 Å². The van der Waals surface area contributed by atoms with E-state index in [0.29, 0.717) is 5.56 Å². The van der Waals surface area contributed by atoms with Crippen molar-refractivity contribution in [1.82, 2.24) is 0 Å². The molecular weight excluding hydrogens is 466 g/mol. The first-order valence-electron chi connectivity index (χ1n) is 9.45. The van der Waals surface area contributed by atoms with Gasteiger partial charge in [0.25, 0.3) is 0 Å². The van der Waals surface area contributed by atoms with Gasteiger partial charge >= 0.3 is 12.1 Å². The van der Waals surface area contributed by atoms with Crippen molar-refractivity contribution in [2.45, 2.75) is 46.4 Å². The Bertz CT molecular complexity index is 1080. The number of aryl methyl sites for hydroxylation is 1. The molecule has 0 bridgehead atoms. The third-order valence-electron chi connectivity index (χ3n) is 4.38. The van der Waals surface area contributed by atoms with Crippen molar-refractivity contribution in [3.05, 3.63) is 74.3 Å². The number of rotatable bonds is 4. The summed E-state index contributed by atoms with van der Waals surface area (Å²) in [5.74, 6) is -0.569. The number of allylic oxidation sites excluding steroid dienone is 2. The van der Waals surface area contributed by atoms with E-state index in [4.69, 9.17) is 27.9 Å². The Kier molecular flexibility index (Phi) is 7.68. The molecule has 0 saturated carbocycles. The van der Waals surface area contributed by atoms with Gasteiger partial charge in [0.05, 0.1) is 11.1 Å². The molecule has 0 saturated heterocycles. The van der Waals surface area contributed by atoms with Crippen LogP contribution in [0.3, 0.4) is 0 Å². The maximum Gasteiger partial charge on any atom is 0.417 e. The average molecular weight is 488 g/mol. The second-order valence-electron chi connectivity index (χ2n) is 8.14. The lowest BCUT2D eigenvalue weighted by Gasteiger charge is -2.20. The highest BCUT2D eigenvalue weighted by molar-refractivity contribution is 6.35. The van der Waals surface area contributed by atoms with E-state index in [-0.39, 0.29) is 38.0 Å². The number of ether oxygens (including phenoxy) is 1. The number of halogens is 5. The van der Waals surface area contributed by atoms with Crippen molar-refractivity contribution in [3.63, 3.8) is 0 Å². The van der Waals surface area contributed by atoms with Crippen LogP contribution < -0.4 is 0 Å². The summed E-state index contributed by atoms with van der Waals surface area (Å²) in [5.41, 5.74) is -1.80. The number of carbonyl (C=O) groups is 1. The molecule has 1 N–H and O–H groups in total. The maximum atomic E-state index is 14.0. The lowest BCUT2D eigenvalue weighted by atomic mass is 9.92. The fourth-order valence-electron chi connectivity index (χ4n) is 3.13. The van der Waals surface area contributed by atoms with Crippen LogP contribution in [0, 0.1) is 6.92 Å². The molecule has 0 radical (unpaired) electrons. The number of esters is 1. The summed E-state index contributed by atoms with van der Waals surface area (Å²) in [4.78, 5) is 12.4. The smallest absolute Gasteiger partial charge is 0.417 e. The molecule has 32 heavy (non-hydrogen) atoms. The van der Waals surface area contributed by atoms with Crippen molar-refractivity contribution in [3.8, 4) is 0 Å². The van der Waals surface area contributed by atoms with Gasteiger partial charge in [-0.05, 0) is 81.7 Å². The number of hydrogen-bond acceptors (Lipinski definition) is 4. The standard InChI is InChI=1S/C23H22Cl2F3NO3/c1-12-8-14(6-7-18(12)21(30)32-22(3,4)5)20(29-31)13(2)19(23(26,27)28)15-9-16(24)11-17(25)10-15/h6-11,31H,1-5H3. The highest BCUT2D eigenvalue weighted by Crippen LogP contribution is 2.39. The minimum absolute atomic E-state index is 0.0297. The summed E-state index contributed by atoms with van der Waals surface area (Å²) in [6.07, 6.45) is -4.79. The topological polar surface area (TPSA) is 58.9 Å². The molecule has 0 unspecified atom stereocenters. The maximum absolute atomic E-state index is 14.0. The largest absolute Gasteiger partial charge is 0.456 e. The predicted molar refractivity (Wildman–Crippen MR) is 120 cm³/mol. The van der Waals surface area contributed by atoms with E-state index in [1.54, 1.807) is 27.7 Å². The van der Waals surface area contributed by atoms with Gasteiger partial charge in [0, 0.05) is 15.6 Å². The SMILES string of the molecule is CC(C(=NO)c1ccc(C(=O)OC(C)(C)C)c(C)c1)=C(c1cc(Cl)cc(Cl)c1)C(F)(F)F. The fourth-order valence-corrected chi connectivity index (χ4v) is 3.66. The van der Waals surface area contributed by atoms with Gasteiger partial charge in [0.1, 0.15) is 11.3 Å². The van der Waals surface area contributed by atoms with Crippen LogP contribution >= 0.6 is 23.2 Å². The number of hydrogen-bond donors (Lipinski definition) is 1. The first-order chi connectivity index (χ1) is 14.6. The van der Waals surface area contributed by atoms with Gasteiger partial charge in [-0.2, -0.15) is 13.2 Å². The molecule has 9 heteroatoms. The predicted octanol–water partition coefficient (Wildman–Crippen LogP) is 7.47. The molecule has 0 aliphatic carbocycles. The first kappa shape index (κ1) is 25.7. The summed E-state index contributed by atoms with van der Waals surface area (Å²) in [6.45, 7) is 7.96. The minimum Gasteiger partial charge on any atom is -0.456 e. The highest BCUT2D eigenvalue weighted by Gasteiger charge is 2.38. The summed E-state index contributed by atoms with van der Waals surface area (Å²) in [6, 6.07) is 7.84. The van der Waals surface area contributed by atoms with Crippen LogP contribution in [0.4, 0.5) is 13.2 Å². The van der Waals surface area contributed by atoms with Crippen LogP contribution in [0.2, 0.25) is 10.0 Å². The zero-order chi connectivity index (χ0) is 24.4. The molecule has 2 aromatic rings. The Morgan fingerprint density at radius 2 is 1.56 bits per heavy atom. The molecule has 4 nitrogen and oxygen atoms in total. The highest BCUT2D eigenvalue weighted by atomic mass is 35.5. The molecule has 0 atom stereocenters. The number of carbonyl (C=O) groups excluding carboxylic acids is 1. The molecule has 2 rings (SSSR count). The quantitative estimate of drug-likeness (QED) is 0.210. The van der Waals surface area contributed by atoms with Crippen LogP contribution in [-0.2, 0) is 4.74 Å². The first-order valence-corrected chi connectivity index (χ1v) is 10.2. The number of nitrogens with zero attached hydrogens (tertiary/aromatic N) is 1. The van der Waals surface area contributed by atoms with E-state index in [1.165, 1.54) is 31.2 Å². The molecule has 0 amide bonds.